The van der Waals surface area contributed by atoms with E-state index >= 15 is 0 Å². The summed E-state index contributed by atoms with van der Waals surface area (Å²) in [5, 5.41) is 2.35. The molecule has 0 aromatic heterocycles. The van der Waals surface area contributed by atoms with Crippen molar-refractivity contribution in [1.82, 2.24) is 0 Å². The largest absolute Gasteiger partial charge is 0.496 e. The number of methoxy groups -OCH3 is 1. The number of ether oxygens (including phenoxy) is 1. The lowest BCUT2D eigenvalue weighted by Crippen LogP contribution is -1.89. The van der Waals surface area contributed by atoms with Gasteiger partial charge in [0.05, 0.1) is 12.8 Å². The summed E-state index contributed by atoms with van der Waals surface area (Å²) < 4.78 is 5.33. The number of hydrogen-bond acceptors (Lipinski definition) is 2. The minimum absolute atomic E-state index is 0.830. The smallest absolute Gasteiger partial charge is 0.127 e. The second-order valence-corrected chi connectivity index (χ2v) is 4.50. The van der Waals surface area contributed by atoms with Crippen LogP contribution >= 0.6 is 0 Å². The molecule has 3 rings (SSSR count). The highest BCUT2D eigenvalue weighted by Gasteiger charge is 2.00. The van der Waals surface area contributed by atoms with Gasteiger partial charge in [-0.1, -0.05) is 48.5 Å². The third-order valence-electron chi connectivity index (χ3n) is 3.25. The lowest BCUT2D eigenvalue weighted by atomic mass is 10.1. The molecular weight excluding hydrogens is 246 g/mol. The first-order valence-electron chi connectivity index (χ1n) is 6.53. The highest BCUT2D eigenvalue weighted by molar-refractivity contribution is 5.95. The molecule has 2 nitrogen and oxygen atoms in total. The van der Waals surface area contributed by atoms with Crippen molar-refractivity contribution < 1.29 is 4.74 Å². The van der Waals surface area contributed by atoms with E-state index in [-0.39, 0.29) is 0 Å². The van der Waals surface area contributed by atoms with Gasteiger partial charge in [-0.2, -0.15) is 0 Å². The van der Waals surface area contributed by atoms with Crippen LogP contribution in [0.1, 0.15) is 5.56 Å². The van der Waals surface area contributed by atoms with Crippen LogP contribution in [-0.4, -0.2) is 13.3 Å². The van der Waals surface area contributed by atoms with Crippen molar-refractivity contribution in [3.63, 3.8) is 0 Å². The Bertz CT molecular complexity index is 757. The fraction of sp³-hybridized carbons (Fsp3) is 0.0556. The van der Waals surface area contributed by atoms with Crippen molar-refractivity contribution >= 4 is 22.7 Å². The van der Waals surface area contributed by atoms with Crippen molar-refractivity contribution in [2.24, 2.45) is 4.99 Å². The number of benzene rings is 3. The molecule has 0 fully saturated rings. The molecule has 2 heteroatoms. The van der Waals surface area contributed by atoms with Gasteiger partial charge in [0.25, 0.3) is 0 Å². The van der Waals surface area contributed by atoms with Crippen LogP contribution < -0.4 is 4.74 Å². The van der Waals surface area contributed by atoms with Gasteiger partial charge < -0.3 is 4.74 Å². The minimum Gasteiger partial charge on any atom is -0.496 e. The molecule has 0 unspecified atom stereocenters. The predicted octanol–water partition coefficient (Wildman–Crippen LogP) is 4.60. The van der Waals surface area contributed by atoms with Gasteiger partial charge in [0.1, 0.15) is 5.75 Å². The van der Waals surface area contributed by atoms with Crippen molar-refractivity contribution in [1.29, 1.82) is 0 Å². The third kappa shape index (κ3) is 2.41. The van der Waals surface area contributed by atoms with Crippen LogP contribution in [0.3, 0.4) is 0 Å². The molecule has 0 saturated carbocycles. The normalized spacial score (nSPS) is 11.1. The maximum atomic E-state index is 5.33. The van der Waals surface area contributed by atoms with Gasteiger partial charge in [-0.25, -0.2) is 0 Å². The summed E-state index contributed by atoms with van der Waals surface area (Å²) in [6, 6.07) is 22.3. The van der Waals surface area contributed by atoms with E-state index in [1.807, 2.05) is 54.7 Å². The number of para-hydroxylation sites is 1. The maximum Gasteiger partial charge on any atom is 0.127 e. The van der Waals surface area contributed by atoms with Gasteiger partial charge in [-0.3, -0.25) is 4.99 Å². The molecule has 0 aliphatic heterocycles. The van der Waals surface area contributed by atoms with Gasteiger partial charge in [-0.15, -0.1) is 0 Å². The Labute approximate surface area is 118 Å². The van der Waals surface area contributed by atoms with Crippen LogP contribution in [0.2, 0.25) is 0 Å². The summed E-state index contributed by atoms with van der Waals surface area (Å²) in [6.07, 6.45) is 1.85. The van der Waals surface area contributed by atoms with Gasteiger partial charge in [0.2, 0.25) is 0 Å². The summed E-state index contributed by atoms with van der Waals surface area (Å²) in [5.74, 6) is 0.830. The van der Waals surface area contributed by atoms with Gasteiger partial charge in [0, 0.05) is 17.2 Å². The zero-order valence-electron chi connectivity index (χ0n) is 11.3. The molecular formula is C18H15NO. The van der Waals surface area contributed by atoms with E-state index in [0.717, 1.165) is 22.4 Å². The van der Waals surface area contributed by atoms with E-state index in [0.29, 0.717) is 0 Å². The number of hydrogen-bond donors (Lipinski definition) is 0. The fourth-order valence-corrected chi connectivity index (χ4v) is 2.23. The Morgan fingerprint density at radius 2 is 1.60 bits per heavy atom. The maximum absolute atomic E-state index is 5.33. The molecule has 20 heavy (non-hydrogen) atoms. The predicted molar refractivity (Wildman–Crippen MR) is 84.2 cm³/mol. The minimum atomic E-state index is 0.830. The van der Waals surface area contributed by atoms with Gasteiger partial charge in [0.15, 0.2) is 0 Å². The Balaban J connectivity index is 2.03. The summed E-state index contributed by atoms with van der Waals surface area (Å²) in [6.45, 7) is 0. The SMILES string of the molecule is COc1ccccc1C=Nc1cccc2ccccc12. The third-order valence-corrected chi connectivity index (χ3v) is 3.25. The van der Waals surface area contributed by atoms with Crippen LogP contribution in [-0.2, 0) is 0 Å². The summed E-state index contributed by atoms with van der Waals surface area (Å²) >= 11 is 0. The first-order valence-corrected chi connectivity index (χ1v) is 6.53. The average molecular weight is 261 g/mol. The van der Waals surface area contributed by atoms with Crippen LogP contribution in [0.4, 0.5) is 5.69 Å². The van der Waals surface area contributed by atoms with Crippen molar-refractivity contribution in [3.8, 4) is 5.75 Å². The van der Waals surface area contributed by atoms with Crippen LogP contribution in [0.15, 0.2) is 71.7 Å². The van der Waals surface area contributed by atoms with E-state index in [4.69, 9.17) is 4.74 Å². The molecule has 0 spiro atoms. The Hall–Kier alpha value is -2.61. The van der Waals surface area contributed by atoms with Crippen LogP contribution in [0.25, 0.3) is 10.8 Å². The molecule has 0 atom stereocenters. The molecule has 0 heterocycles. The zero-order valence-corrected chi connectivity index (χ0v) is 11.3. The first kappa shape index (κ1) is 12.4. The monoisotopic (exact) mass is 261 g/mol. The van der Waals surface area contributed by atoms with Gasteiger partial charge >= 0.3 is 0 Å². The molecule has 0 aliphatic rings. The highest BCUT2D eigenvalue weighted by Crippen LogP contribution is 2.26. The van der Waals surface area contributed by atoms with Crippen LogP contribution in [0.5, 0.6) is 5.75 Å². The lowest BCUT2D eigenvalue weighted by Gasteiger charge is -2.04. The molecule has 0 amide bonds. The number of rotatable bonds is 3. The van der Waals surface area contributed by atoms with E-state index in [2.05, 4.69) is 23.2 Å². The summed E-state index contributed by atoms with van der Waals surface area (Å²) in [4.78, 5) is 4.61. The Morgan fingerprint density at radius 1 is 0.850 bits per heavy atom. The Morgan fingerprint density at radius 3 is 2.50 bits per heavy atom. The highest BCUT2D eigenvalue weighted by atomic mass is 16.5. The van der Waals surface area contributed by atoms with Crippen molar-refractivity contribution in [3.05, 3.63) is 72.3 Å². The zero-order chi connectivity index (χ0) is 13.8. The quantitative estimate of drug-likeness (QED) is 0.631. The van der Waals surface area contributed by atoms with E-state index in [9.17, 15) is 0 Å². The van der Waals surface area contributed by atoms with E-state index < -0.39 is 0 Å². The molecule has 0 aliphatic carbocycles. The molecule has 0 N–H and O–H groups in total. The molecule has 0 saturated heterocycles. The van der Waals surface area contributed by atoms with Crippen molar-refractivity contribution in [2.45, 2.75) is 0 Å². The standard InChI is InChI=1S/C18H15NO/c1-20-18-12-5-3-8-15(18)13-19-17-11-6-9-14-7-2-4-10-16(14)17/h2-13H,1H3. The topological polar surface area (TPSA) is 21.6 Å². The summed E-state index contributed by atoms with van der Waals surface area (Å²) in [7, 11) is 1.67. The summed E-state index contributed by atoms with van der Waals surface area (Å²) in [5.41, 5.74) is 1.94. The second kappa shape index (κ2) is 5.57. The second-order valence-electron chi connectivity index (χ2n) is 4.50. The Kier molecular flexibility index (Phi) is 3.46. The fourth-order valence-electron chi connectivity index (χ4n) is 2.23. The molecule has 0 bridgehead atoms. The molecule has 3 aromatic carbocycles. The van der Waals surface area contributed by atoms with Crippen molar-refractivity contribution in [2.75, 3.05) is 7.11 Å². The lowest BCUT2D eigenvalue weighted by molar-refractivity contribution is 0.414. The number of fused-ring (bicyclic) bond motifs is 1. The average Bonchev–Trinajstić information content (AvgIpc) is 2.53. The molecule has 0 radical (unpaired) electrons. The van der Waals surface area contributed by atoms with Gasteiger partial charge in [-0.05, 0) is 23.6 Å². The molecule has 98 valence electrons. The van der Waals surface area contributed by atoms with E-state index in [1.165, 1.54) is 5.39 Å². The molecule has 3 aromatic rings. The van der Waals surface area contributed by atoms with E-state index in [1.54, 1.807) is 7.11 Å². The first-order chi connectivity index (χ1) is 9.88. The number of nitrogens with zero attached hydrogens (tertiary/aromatic N) is 1. The number of aliphatic imine (C=N–C) groups is 1. The van der Waals surface area contributed by atoms with Crippen LogP contribution in [0, 0.1) is 0 Å².